The first-order valence-electron chi connectivity index (χ1n) is 11.7. The molecule has 0 aliphatic carbocycles. The van der Waals surface area contributed by atoms with Gasteiger partial charge in [0, 0.05) is 13.1 Å². The smallest absolute Gasteiger partial charge is 0.267 e. The van der Waals surface area contributed by atoms with Crippen LogP contribution in [0, 0.1) is 25.7 Å². The molecule has 34 heavy (non-hydrogen) atoms. The highest BCUT2D eigenvalue weighted by Gasteiger charge is 2.26. The Hall–Kier alpha value is -3.13. The zero-order valence-electron chi connectivity index (χ0n) is 20.0. The van der Waals surface area contributed by atoms with Crippen molar-refractivity contribution in [1.82, 2.24) is 24.1 Å². The van der Waals surface area contributed by atoms with Crippen LogP contribution in [0.4, 0.5) is 0 Å². The molecule has 1 aliphatic rings. The lowest BCUT2D eigenvalue weighted by Crippen LogP contribution is -2.43. The summed E-state index contributed by atoms with van der Waals surface area (Å²) < 4.78 is 3.52. The van der Waals surface area contributed by atoms with E-state index < -0.39 is 0 Å². The van der Waals surface area contributed by atoms with Gasteiger partial charge in [-0.2, -0.15) is 0 Å². The van der Waals surface area contributed by atoms with Gasteiger partial charge in [-0.05, 0) is 67.5 Å². The van der Waals surface area contributed by atoms with Gasteiger partial charge in [0.25, 0.3) is 5.56 Å². The minimum absolute atomic E-state index is 0.118. The fourth-order valence-corrected chi connectivity index (χ4v) is 6.01. The lowest BCUT2D eigenvalue weighted by molar-refractivity contribution is -0.130. The Labute approximate surface area is 202 Å². The summed E-state index contributed by atoms with van der Waals surface area (Å²) in [7, 11) is 0. The maximum atomic E-state index is 13.5. The molecular weight excluding hydrogens is 446 g/mol. The molecule has 2 aromatic carbocycles. The van der Waals surface area contributed by atoms with Crippen LogP contribution < -0.4 is 5.56 Å². The van der Waals surface area contributed by atoms with Crippen molar-refractivity contribution in [3.8, 4) is 5.69 Å². The molecule has 0 bridgehead atoms. The number of aromatic nitrogens is 4. The fourth-order valence-electron chi connectivity index (χ4n) is 5.17. The van der Waals surface area contributed by atoms with Crippen LogP contribution in [0.1, 0.15) is 31.4 Å². The molecule has 5 rings (SSSR count). The summed E-state index contributed by atoms with van der Waals surface area (Å²) in [6.07, 6.45) is 1.16. The monoisotopic (exact) mass is 475 g/mol. The van der Waals surface area contributed by atoms with Crippen LogP contribution in [0.3, 0.4) is 0 Å². The molecule has 1 fully saturated rings. The molecule has 1 aliphatic heterocycles. The number of aryl methyl sites for hydroxylation is 2. The van der Waals surface area contributed by atoms with Crippen LogP contribution in [-0.2, 0) is 4.79 Å². The lowest BCUT2D eigenvalue weighted by atomic mass is 9.92. The highest BCUT2D eigenvalue weighted by atomic mass is 32.2. The van der Waals surface area contributed by atoms with Gasteiger partial charge in [-0.3, -0.25) is 14.0 Å². The molecule has 0 N–H and O–H groups in total. The minimum Gasteiger partial charge on any atom is -0.341 e. The number of carbonyl (C=O) groups excluding carboxylic acids is 1. The molecule has 2 aromatic heterocycles. The van der Waals surface area contributed by atoms with E-state index in [0.717, 1.165) is 41.8 Å². The third-order valence-electron chi connectivity index (χ3n) is 6.41. The van der Waals surface area contributed by atoms with Gasteiger partial charge in [0.05, 0.1) is 22.3 Å². The molecule has 0 spiro atoms. The van der Waals surface area contributed by atoms with Crippen molar-refractivity contribution in [1.29, 1.82) is 0 Å². The average molecular weight is 476 g/mol. The van der Waals surface area contributed by atoms with Gasteiger partial charge < -0.3 is 4.90 Å². The number of amides is 1. The molecule has 1 saturated heterocycles. The second kappa shape index (κ2) is 8.91. The van der Waals surface area contributed by atoms with Crippen LogP contribution in [0.2, 0.25) is 0 Å². The molecule has 0 saturated carbocycles. The van der Waals surface area contributed by atoms with Gasteiger partial charge in [-0.1, -0.05) is 43.8 Å². The van der Waals surface area contributed by atoms with Crippen molar-refractivity contribution in [2.45, 2.75) is 39.3 Å². The zero-order valence-corrected chi connectivity index (χ0v) is 20.8. The van der Waals surface area contributed by atoms with Crippen molar-refractivity contribution >= 4 is 34.3 Å². The Bertz CT molecular complexity index is 1430. The van der Waals surface area contributed by atoms with Crippen molar-refractivity contribution in [2.24, 2.45) is 11.8 Å². The molecule has 7 nitrogen and oxygen atoms in total. The van der Waals surface area contributed by atoms with E-state index in [-0.39, 0.29) is 17.2 Å². The summed E-state index contributed by atoms with van der Waals surface area (Å²) in [6, 6.07) is 13.5. The molecule has 2 unspecified atom stereocenters. The van der Waals surface area contributed by atoms with Gasteiger partial charge in [-0.25, -0.2) is 4.57 Å². The van der Waals surface area contributed by atoms with Gasteiger partial charge in [0.15, 0.2) is 5.16 Å². The molecule has 4 aromatic rings. The zero-order chi connectivity index (χ0) is 24.0. The van der Waals surface area contributed by atoms with Crippen molar-refractivity contribution in [3.05, 3.63) is 63.9 Å². The largest absolute Gasteiger partial charge is 0.341 e. The summed E-state index contributed by atoms with van der Waals surface area (Å²) in [5.74, 6) is 1.89. The predicted molar refractivity (Wildman–Crippen MR) is 136 cm³/mol. The van der Waals surface area contributed by atoms with Gasteiger partial charge in [0.1, 0.15) is 0 Å². The van der Waals surface area contributed by atoms with E-state index in [4.69, 9.17) is 0 Å². The lowest BCUT2D eigenvalue weighted by Gasteiger charge is -2.34. The van der Waals surface area contributed by atoms with E-state index in [2.05, 4.69) is 30.1 Å². The van der Waals surface area contributed by atoms with E-state index >= 15 is 0 Å². The number of likely N-dealkylation sites (tertiary alicyclic amines) is 1. The Balaban J connectivity index is 1.58. The molecule has 1 amide bonds. The first-order chi connectivity index (χ1) is 16.3. The second-order valence-electron chi connectivity index (χ2n) is 9.66. The number of para-hydroxylation sites is 1. The number of fused-ring (bicyclic) bond motifs is 3. The maximum absolute atomic E-state index is 13.5. The number of nitrogens with zero attached hydrogens (tertiary/aromatic N) is 5. The topological polar surface area (TPSA) is 72.5 Å². The van der Waals surface area contributed by atoms with Gasteiger partial charge >= 0.3 is 0 Å². The summed E-state index contributed by atoms with van der Waals surface area (Å²) in [5, 5.41) is 10.0. The number of piperidine rings is 1. The SMILES string of the molecule is Cc1cc(C)cc(-n2c(=O)c3ccccc3n3c(SCC(=O)N4CC(C)CC(C)C4)nnc23)c1. The van der Waals surface area contributed by atoms with Crippen molar-refractivity contribution in [2.75, 3.05) is 18.8 Å². The standard InChI is InChI=1S/C26H29N5O2S/c1-16-9-17(2)12-20(11-16)30-24(33)21-7-5-6-8-22(21)31-25(30)27-28-26(31)34-15-23(32)29-13-18(3)10-19(4)14-29/h5-9,11-12,18-19H,10,13-15H2,1-4H3. The number of hydrogen-bond acceptors (Lipinski definition) is 5. The van der Waals surface area contributed by atoms with Crippen molar-refractivity contribution < 1.29 is 4.79 Å². The van der Waals surface area contributed by atoms with Crippen molar-refractivity contribution in [3.63, 3.8) is 0 Å². The summed E-state index contributed by atoms with van der Waals surface area (Å²) in [4.78, 5) is 28.5. The minimum atomic E-state index is -0.135. The Morgan fingerprint density at radius 1 is 1.03 bits per heavy atom. The van der Waals surface area contributed by atoms with E-state index in [1.54, 1.807) is 4.57 Å². The van der Waals surface area contributed by atoms with Gasteiger partial charge in [-0.15, -0.1) is 10.2 Å². The summed E-state index contributed by atoms with van der Waals surface area (Å²) in [5.41, 5.74) is 3.50. The molecule has 3 heterocycles. The number of benzene rings is 2. The van der Waals surface area contributed by atoms with Crippen LogP contribution >= 0.6 is 11.8 Å². The normalized spacial score (nSPS) is 18.6. The van der Waals surface area contributed by atoms with E-state index in [9.17, 15) is 9.59 Å². The Morgan fingerprint density at radius 2 is 1.71 bits per heavy atom. The number of hydrogen-bond donors (Lipinski definition) is 0. The van der Waals surface area contributed by atoms with Crippen LogP contribution in [0.5, 0.6) is 0 Å². The molecular formula is C26H29N5O2S. The quantitative estimate of drug-likeness (QED) is 0.413. The Kier molecular flexibility index (Phi) is 5.93. The third-order valence-corrected chi connectivity index (χ3v) is 7.32. The number of thioether (sulfide) groups is 1. The predicted octanol–water partition coefficient (Wildman–Crippen LogP) is 4.25. The van der Waals surface area contributed by atoms with Crippen LogP contribution in [-0.4, -0.2) is 48.8 Å². The van der Waals surface area contributed by atoms with Crippen LogP contribution in [0.25, 0.3) is 22.4 Å². The van der Waals surface area contributed by atoms with E-state index in [0.29, 0.717) is 28.2 Å². The van der Waals surface area contributed by atoms with E-state index in [1.165, 1.54) is 11.8 Å². The number of carbonyl (C=O) groups is 1. The molecule has 2 atom stereocenters. The third kappa shape index (κ3) is 4.11. The summed E-state index contributed by atoms with van der Waals surface area (Å²) >= 11 is 1.37. The first kappa shape index (κ1) is 22.7. The maximum Gasteiger partial charge on any atom is 0.267 e. The molecule has 176 valence electrons. The molecule has 8 heteroatoms. The highest BCUT2D eigenvalue weighted by Crippen LogP contribution is 2.26. The highest BCUT2D eigenvalue weighted by molar-refractivity contribution is 7.99. The molecule has 0 radical (unpaired) electrons. The average Bonchev–Trinajstić information content (AvgIpc) is 3.20. The fraction of sp³-hybridized carbons (Fsp3) is 0.385. The first-order valence-corrected chi connectivity index (χ1v) is 12.7. The number of rotatable bonds is 4. The summed E-state index contributed by atoms with van der Waals surface area (Å²) in [6.45, 7) is 10.0. The van der Waals surface area contributed by atoms with E-state index in [1.807, 2.05) is 59.5 Å². The Morgan fingerprint density at radius 3 is 2.41 bits per heavy atom. The van der Waals surface area contributed by atoms with Gasteiger partial charge in [0.2, 0.25) is 11.7 Å². The second-order valence-corrected chi connectivity index (χ2v) is 10.6. The van der Waals surface area contributed by atoms with Crippen LogP contribution in [0.15, 0.2) is 52.4 Å².